The molecule has 0 spiro atoms. The molecule has 1 aliphatic heterocycles. The highest BCUT2D eigenvalue weighted by molar-refractivity contribution is 5.95. The molecule has 6 heteroatoms. The Kier molecular flexibility index (Phi) is 4.97. The Morgan fingerprint density at radius 2 is 2.16 bits per heavy atom. The van der Waals surface area contributed by atoms with E-state index in [-0.39, 0.29) is 11.9 Å². The molecule has 1 aromatic heterocycles. The molecule has 25 heavy (non-hydrogen) atoms. The summed E-state index contributed by atoms with van der Waals surface area (Å²) in [5, 5.41) is 9.21. The lowest BCUT2D eigenvalue weighted by Crippen LogP contribution is -2.37. The Morgan fingerprint density at radius 3 is 2.84 bits per heavy atom. The maximum Gasteiger partial charge on any atom is 0.308 e. The van der Waals surface area contributed by atoms with Crippen LogP contribution >= 0.6 is 0 Å². The van der Waals surface area contributed by atoms with Crippen molar-refractivity contribution in [2.24, 2.45) is 5.92 Å². The lowest BCUT2D eigenvalue weighted by Gasteiger charge is -2.23. The molecule has 2 atom stereocenters. The van der Waals surface area contributed by atoms with E-state index >= 15 is 0 Å². The molecule has 6 nitrogen and oxygen atoms in total. The van der Waals surface area contributed by atoms with Gasteiger partial charge < -0.3 is 14.7 Å². The van der Waals surface area contributed by atoms with E-state index in [0.717, 1.165) is 5.56 Å². The molecule has 130 valence electrons. The molecule has 3 rings (SSSR count). The van der Waals surface area contributed by atoms with Crippen LogP contribution in [0.5, 0.6) is 5.75 Å². The van der Waals surface area contributed by atoms with Crippen molar-refractivity contribution in [2.75, 3.05) is 6.54 Å². The van der Waals surface area contributed by atoms with Crippen LogP contribution in [0, 0.1) is 5.92 Å². The topological polar surface area (TPSA) is 79.7 Å². The smallest absolute Gasteiger partial charge is 0.308 e. The second kappa shape index (κ2) is 7.34. The molecule has 2 heterocycles. The minimum atomic E-state index is -0.851. The summed E-state index contributed by atoms with van der Waals surface area (Å²) in [6.45, 7) is 2.61. The number of likely N-dealkylation sites (tertiary alicyclic amines) is 1. The van der Waals surface area contributed by atoms with Crippen molar-refractivity contribution in [1.82, 2.24) is 9.88 Å². The number of rotatable bonds is 5. The van der Waals surface area contributed by atoms with E-state index in [1.165, 1.54) is 0 Å². The Morgan fingerprint density at radius 1 is 1.32 bits per heavy atom. The van der Waals surface area contributed by atoms with Gasteiger partial charge in [0.05, 0.1) is 5.92 Å². The first-order chi connectivity index (χ1) is 12.1. The van der Waals surface area contributed by atoms with E-state index < -0.39 is 11.9 Å². The van der Waals surface area contributed by atoms with E-state index in [9.17, 15) is 14.7 Å². The zero-order chi connectivity index (χ0) is 17.8. The third-order valence-corrected chi connectivity index (χ3v) is 4.54. The van der Waals surface area contributed by atoms with Gasteiger partial charge in [0.1, 0.15) is 12.4 Å². The van der Waals surface area contributed by atoms with Crippen molar-refractivity contribution in [3.8, 4) is 5.75 Å². The molecule has 1 saturated heterocycles. The van der Waals surface area contributed by atoms with Gasteiger partial charge in [-0.3, -0.25) is 14.6 Å². The number of nitrogens with zero attached hydrogens (tertiary/aromatic N) is 2. The van der Waals surface area contributed by atoms with Crippen molar-refractivity contribution in [3.05, 3.63) is 59.9 Å². The number of hydrogen-bond donors (Lipinski definition) is 1. The number of carboxylic acids is 1. The van der Waals surface area contributed by atoms with E-state index in [1.54, 1.807) is 48.5 Å². The number of amides is 1. The number of aliphatic carboxylic acids is 1. The highest BCUT2D eigenvalue weighted by Gasteiger charge is 2.38. The average molecular weight is 340 g/mol. The first-order valence-electron chi connectivity index (χ1n) is 8.22. The highest BCUT2D eigenvalue weighted by atomic mass is 16.5. The molecular formula is C19H20N2O4. The van der Waals surface area contributed by atoms with Gasteiger partial charge in [0.15, 0.2) is 0 Å². The summed E-state index contributed by atoms with van der Waals surface area (Å²) in [6.07, 6.45) is 3.91. The fraction of sp³-hybridized carbons (Fsp3) is 0.316. The van der Waals surface area contributed by atoms with Crippen LogP contribution < -0.4 is 4.74 Å². The summed E-state index contributed by atoms with van der Waals surface area (Å²) in [4.78, 5) is 29.6. The highest BCUT2D eigenvalue weighted by Crippen LogP contribution is 2.27. The molecule has 0 radical (unpaired) electrons. The first-order valence-corrected chi connectivity index (χ1v) is 8.22. The summed E-state index contributed by atoms with van der Waals surface area (Å²) in [5.74, 6) is -0.926. The van der Waals surface area contributed by atoms with Crippen molar-refractivity contribution in [3.63, 3.8) is 0 Å². The van der Waals surface area contributed by atoms with Gasteiger partial charge in [-0.05, 0) is 37.6 Å². The Bertz CT molecular complexity index is 763. The second-order valence-electron chi connectivity index (χ2n) is 6.15. The van der Waals surface area contributed by atoms with Crippen LogP contribution in [0.1, 0.15) is 29.3 Å². The average Bonchev–Trinajstić information content (AvgIpc) is 3.02. The molecular weight excluding hydrogens is 320 g/mol. The molecule has 1 aromatic carbocycles. The molecule has 1 fully saturated rings. The lowest BCUT2D eigenvalue weighted by atomic mass is 10.0. The van der Waals surface area contributed by atoms with Crippen LogP contribution in [0.3, 0.4) is 0 Å². The summed E-state index contributed by atoms with van der Waals surface area (Å²) < 4.78 is 5.73. The Hall–Kier alpha value is -2.89. The fourth-order valence-corrected chi connectivity index (χ4v) is 3.09. The first kappa shape index (κ1) is 17.0. The molecule has 0 saturated carbocycles. The molecule has 1 amide bonds. The predicted molar refractivity (Wildman–Crippen MR) is 91.3 cm³/mol. The zero-order valence-electron chi connectivity index (χ0n) is 14.0. The van der Waals surface area contributed by atoms with Crippen LogP contribution in [0.4, 0.5) is 0 Å². The molecule has 2 unspecified atom stereocenters. The zero-order valence-corrected chi connectivity index (χ0v) is 14.0. The SMILES string of the molecule is CC1C(C(=O)O)CCN1C(=O)c1cccc(OCc2cccnc2)c1. The quantitative estimate of drug-likeness (QED) is 0.905. The van der Waals surface area contributed by atoms with Crippen molar-refractivity contribution < 1.29 is 19.4 Å². The van der Waals surface area contributed by atoms with Crippen LogP contribution in [0.25, 0.3) is 0 Å². The number of aromatic nitrogens is 1. The summed E-state index contributed by atoms with van der Waals surface area (Å²) in [6, 6.07) is 10.4. The maximum absolute atomic E-state index is 12.7. The van der Waals surface area contributed by atoms with Gasteiger partial charge in [-0.15, -0.1) is 0 Å². The molecule has 0 bridgehead atoms. The Labute approximate surface area is 146 Å². The van der Waals surface area contributed by atoms with Crippen LogP contribution in [-0.4, -0.2) is 39.5 Å². The van der Waals surface area contributed by atoms with Gasteiger partial charge in [0.2, 0.25) is 0 Å². The molecule has 2 aromatic rings. The van der Waals surface area contributed by atoms with Gasteiger partial charge >= 0.3 is 5.97 Å². The van der Waals surface area contributed by atoms with Crippen LogP contribution in [-0.2, 0) is 11.4 Å². The summed E-state index contributed by atoms with van der Waals surface area (Å²) in [5.41, 5.74) is 1.44. The van der Waals surface area contributed by atoms with Gasteiger partial charge in [-0.2, -0.15) is 0 Å². The molecule has 0 aliphatic carbocycles. The van der Waals surface area contributed by atoms with Gasteiger partial charge in [0.25, 0.3) is 5.91 Å². The standard InChI is InChI=1S/C19H20N2O4/c1-13-17(19(23)24)7-9-21(13)18(22)15-5-2-6-16(10-15)25-12-14-4-3-8-20-11-14/h2-6,8,10-11,13,17H,7,9,12H2,1H3,(H,23,24). The minimum Gasteiger partial charge on any atom is -0.489 e. The summed E-state index contributed by atoms with van der Waals surface area (Å²) in [7, 11) is 0. The number of ether oxygens (including phenoxy) is 1. The number of pyridine rings is 1. The summed E-state index contributed by atoms with van der Waals surface area (Å²) >= 11 is 0. The predicted octanol–water partition coefficient (Wildman–Crippen LogP) is 2.60. The van der Waals surface area contributed by atoms with Crippen molar-refractivity contribution >= 4 is 11.9 Å². The number of carboxylic acid groups (broad SMARTS) is 1. The van der Waals surface area contributed by atoms with Crippen molar-refractivity contribution in [2.45, 2.75) is 26.0 Å². The largest absolute Gasteiger partial charge is 0.489 e. The van der Waals surface area contributed by atoms with Crippen LogP contribution in [0.2, 0.25) is 0 Å². The van der Waals surface area contributed by atoms with Crippen LogP contribution in [0.15, 0.2) is 48.8 Å². The van der Waals surface area contributed by atoms with E-state index in [2.05, 4.69) is 4.98 Å². The minimum absolute atomic E-state index is 0.164. The van der Waals surface area contributed by atoms with Gasteiger partial charge in [0, 0.05) is 36.1 Å². The Balaban J connectivity index is 1.69. The van der Waals surface area contributed by atoms with E-state index in [4.69, 9.17) is 4.74 Å². The molecule has 1 N–H and O–H groups in total. The van der Waals surface area contributed by atoms with E-state index in [1.807, 2.05) is 12.1 Å². The maximum atomic E-state index is 12.7. The fourth-order valence-electron chi connectivity index (χ4n) is 3.09. The monoisotopic (exact) mass is 340 g/mol. The third-order valence-electron chi connectivity index (χ3n) is 4.54. The normalized spacial score (nSPS) is 19.6. The van der Waals surface area contributed by atoms with E-state index in [0.29, 0.717) is 30.9 Å². The number of benzene rings is 1. The lowest BCUT2D eigenvalue weighted by molar-refractivity contribution is -0.142. The number of carbonyl (C=O) groups excluding carboxylic acids is 1. The number of carbonyl (C=O) groups is 2. The molecule has 1 aliphatic rings. The van der Waals surface area contributed by atoms with Gasteiger partial charge in [-0.1, -0.05) is 12.1 Å². The third kappa shape index (κ3) is 3.79. The second-order valence-corrected chi connectivity index (χ2v) is 6.15. The van der Waals surface area contributed by atoms with Gasteiger partial charge in [-0.25, -0.2) is 0 Å². The van der Waals surface area contributed by atoms with Crippen molar-refractivity contribution in [1.29, 1.82) is 0 Å². The number of hydrogen-bond acceptors (Lipinski definition) is 4.